The Morgan fingerprint density at radius 2 is 1.97 bits per heavy atom. The molecule has 0 saturated carbocycles. The zero-order valence-corrected chi connectivity index (χ0v) is 18.6. The fourth-order valence-electron chi connectivity index (χ4n) is 3.63. The first kappa shape index (κ1) is 21.7. The number of piperazine rings is 1. The van der Waals surface area contributed by atoms with Gasteiger partial charge in [-0.25, -0.2) is 0 Å². The number of thiophene rings is 1. The summed E-state index contributed by atoms with van der Waals surface area (Å²) < 4.78 is 11.2. The number of aromatic nitrogens is 2. The minimum Gasteiger partial charge on any atom is -0.364 e. The van der Waals surface area contributed by atoms with Crippen molar-refractivity contribution in [3.05, 3.63) is 59.3 Å². The lowest BCUT2D eigenvalue weighted by atomic mass is 10.2. The van der Waals surface area contributed by atoms with Crippen molar-refractivity contribution in [3.63, 3.8) is 0 Å². The maximum Gasteiger partial charge on any atom is 0.251 e. The highest BCUT2D eigenvalue weighted by molar-refractivity contribution is 7.13. The van der Waals surface area contributed by atoms with Crippen LogP contribution in [0.4, 0.5) is 0 Å². The highest BCUT2D eigenvalue weighted by Crippen LogP contribution is 2.21. The van der Waals surface area contributed by atoms with E-state index >= 15 is 0 Å². The fraction of sp³-hybridized carbons (Fsp3) is 0.435. The molecular formula is C23H28N4O3S. The molecule has 1 fully saturated rings. The largest absolute Gasteiger partial charge is 0.364 e. The Bertz CT molecular complexity index is 937. The molecule has 2 aromatic heterocycles. The van der Waals surface area contributed by atoms with Crippen molar-refractivity contribution < 1.29 is 14.1 Å². The van der Waals surface area contributed by atoms with Crippen molar-refractivity contribution in [3.8, 4) is 10.7 Å². The molecular weight excluding hydrogens is 412 g/mol. The van der Waals surface area contributed by atoms with Gasteiger partial charge in [0.05, 0.1) is 11.5 Å². The molecule has 164 valence electrons. The van der Waals surface area contributed by atoms with Crippen LogP contribution in [0.5, 0.6) is 0 Å². The van der Waals surface area contributed by atoms with Gasteiger partial charge in [0, 0.05) is 32.6 Å². The van der Waals surface area contributed by atoms with Gasteiger partial charge in [-0.2, -0.15) is 4.98 Å². The number of aryl methyl sites for hydroxylation is 1. The van der Waals surface area contributed by atoms with Crippen molar-refractivity contribution in [1.82, 2.24) is 19.9 Å². The minimum atomic E-state index is -0.429. The molecule has 1 aromatic carbocycles. The zero-order chi connectivity index (χ0) is 21.5. The molecule has 0 bridgehead atoms. The molecule has 1 unspecified atom stereocenters. The number of hydrogen-bond donors (Lipinski definition) is 0. The number of ether oxygens (including phenoxy) is 1. The molecule has 3 heterocycles. The molecule has 7 nitrogen and oxygen atoms in total. The summed E-state index contributed by atoms with van der Waals surface area (Å²) in [5.74, 6) is 1.42. The van der Waals surface area contributed by atoms with Gasteiger partial charge < -0.3 is 14.2 Å². The zero-order valence-electron chi connectivity index (χ0n) is 17.8. The van der Waals surface area contributed by atoms with Gasteiger partial charge in [-0.15, -0.1) is 11.3 Å². The summed E-state index contributed by atoms with van der Waals surface area (Å²) >= 11 is 1.61. The third-order valence-corrected chi connectivity index (χ3v) is 6.31. The molecule has 0 radical (unpaired) electrons. The lowest BCUT2D eigenvalue weighted by Crippen LogP contribution is -2.51. The Labute approximate surface area is 186 Å². The van der Waals surface area contributed by atoms with E-state index in [4.69, 9.17) is 9.26 Å². The van der Waals surface area contributed by atoms with E-state index in [1.807, 2.05) is 59.7 Å². The molecule has 8 heteroatoms. The number of hydrogen-bond acceptors (Lipinski definition) is 7. The van der Waals surface area contributed by atoms with E-state index in [1.54, 1.807) is 11.3 Å². The number of carbonyl (C=O) groups is 1. The molecule has 0 N–H and O–H groups in total. The number of rotatable bonds is 9. The number of carbonyl (C=O) groups excluding carboxylic acids is 1. The van der Waals surface area contributed by atoms with Crippen molar-refractivity contribution in [2.24, 2.45) is 0 Å². The Morgan fingerprint density at radius 1 is 1.16 bits per heavy atom. The van der Waals surface area contributed by atoms with Crippen LogP contribution in [0.15, 0.2) is 52.4 Å². The maximum absolute atomic E-state index is 12.7. The van der Waals surface area contributed by atoms with Crippen LogP contribution in [0.3, 0.4) is 0 Å². The third kappa shape index (κ3) is 6.00. The Hall–Kier alpha value is -2.55. The maximum atomic E-state index is 12.7. The first-order valence-corrected chi connectivity index (χ1v) is 11.6. The second-order valence-corrected chi connectivity index (χ2v) is 8.65. The summed E-state index contributed by atoms with van der Waals surface area (Å²) in [4.78, 5) is 22.5. The van der Waals surface area contributed by atoms with Crippen LogP contribution in [0.2, 0.25) is 0 Å². The lowest BCUT2D eigenvalue weighted by molar-refractivity contribution is -0.145. The van der Waals surface area contributed by atoms with Crippen LogP contribution in [0, 0.1) is 0 Å². The van der Waals surface area contributed by atoms with Crippen molar-refractivity contribution in [1.29, 1.82) is 0 Å². The first-order valence-electron chi connectivity index (χ1n) is 10.7. The van der Waals surface area contributed by atoms with Gasteiger partial charge in [0.25, 0.3) is 5.91 Å². The molecule has 1 aliphatic rings. The van der Waals surface area contributed by atoms with Crippen molar-refractivity contribution in [2.75, 3.05) is 32.7 Å². The molecule has 0 spiro atoms. The SMILES string of the molecule is CC(OCc1ccccc1)C(=O)N1CCN(CCCc2nc(-c3cccs3)no2)CC1. The average Bonchev–Trinajstić information content (AvgIpc) is 3.50. The Balaban J connectivity index is 1.14. The van der Waals surface area contributed by atoms with Crippen LogP contribution < -0.4 is 0 Å². The molecule has 1 amide bonds. The van der Waals surface area contributed by atoms with Crippen LogP contribution >= 0.6 is 11.3 Å². The van der Waals surface area contributed by atoms with Gasteiger partial charge in [0.2, 0.25) is 11.7 Å². The van der Waals surface area contributed by atoms with E-state index in [9.17, 15) is 4.79 Å². The standard InChI is InChI=1S/C23H28N4O3S/c1-18(29-17-19-7-3-2-4-8-19)23(28)27-14-12-26(13-15-27)11-5-10-21-24-22(25-30-21)20-9-6-16-31-20/h2-4,6-9,16,18H,5,10-15,17H2,1H3. The van der Waals surface area contributed by atoms with Gasteiger partial charge >= 0.3 is 0 Å². The summed E-state index contributed by atoms with van der Waals surface area (Å²) in [6.07, 6.45) is 1.29. The number of amides is 1. The normalized spacial score (nSPS) is 15.8. The van der Waals surface area contributed by atoms with E-state index in [-0.39, 0.29) is 5.91 Å². The molecule has 0 aliphatic carbocycles. The van der Waals surface area contributed by atoms with E-state index in [0.29, 0.717) is 18.3 Å². The van der Waals surface area contributed by atoms with Crippen LogP contribution in [0.1, 0.15) is 24.8 Å². The minimum absolute atomic E-state index is 0.0718. The van der Waals surface area contributed by atoms with E-state index in [2.05, 4.69) is 15.0 Å². The first-order chi connectivity index (χ1) is 15.2. The van der Waals surface area contributed by atoms with Gasteiger partial charge in [-0.05, 0) is 36.9 Å². The van der Waals surface area contributed by atoms with Gasteiger partial charge in [-0.1, -0.05) is 41.6 Å². The smallest absolute Gasteiger partial charge is 0.251 e. The number of benzene rings is 1. The summed E-state index contributed by atoms with van der Waals surface area (Å²) in [5, 5.41) is 6.06. The quantitative estimate of drug-likeness (QED) is 0.507. The van der Waals surface area contributed by atoms with Gasteiger partial charge in [0.1, 0.15) is 6.10 Å². The summed E-state index contributed by atoms with van der Waals surface area (Å²) in [6.45, 7) is 6.48. The molecule has 31 heavy (non-hydrogen) atoms. The van der Waals surface area contributed by atoms with Crippen LogP contribution in [-0.2, 0) is 22.6 Å². The second-order valence-electron chi connectivity index (χ2n) is 7.70. The monoisotopic (exact) mass is 440 g/mol. The molecule has 1 aliphatic heterocycles. The summed E-state index contributed by atoms with van der Waals surface area (Å²) in [5.41, 5.74) is 1.08. The van der Waals surface area contributed by atoms with Crippen molar-refractivity contribution >= 4 is 17.2 Å². The van der Waals surface area contributed by atoms with E-state index < -0.39 is 6.10 Å². The molecule has 3 aromatic rings. The van der Waals surface area contributed by atoms with Crippen LogP contribution in [-0.4, -0.2) is 64.7 Å². The topological polar surface area (TPSA) is 71.7 Å². The lowest BCUT2D eigenvalue weighted by Gasteiger charge is -2.35. The van der Waals surface area contributed by atoms with Crippen LogP contribution in [0.25, 0.3) is 10.7 Å². The van der Waals surface area contributed by atoms with Gasteiger partial charge in [0.15, 0.2) is 0 Å². The Morgan fingerprint density at radius 3 is 2.71 bits per heavy atom. The van der Waals surface area contributed by atoms with E-state index in [0.717, 1.165) is 56.0 Å². The Kier molecular flexibility index (Phi) is 7.45. The predicted molar refractivity (Wildman–Crippen MR) is 120 cm³/mol. The second kappa shape index (κ2) is 10.7. The fourth-order valence-corrected chi connectivity index (χ4v) is 4.28. The third-order valence-electron chi connectivity index (χ3n) is 5.45. The van der Waals surface area contributed by atoms with Crippen molar-refractivity contribution in [2.45, 2.75) is 32.5 Å². The van der Waals surface area contributed by atoms with E-state index in [1.165, 1.54) is 0 Å². The molecule has 4 rings (SSSR count). The molecule has 1 atom stereocenters. The number of nitrogens with zero attached hydrogens (tertiary/aromatic N) is 4. The highest BCUT2D eigenvalue weighted by Gasteiger charge is 2.25. The predicted octanol–water partition coefficient (Wildman–Crippen LogP) is 3.48. The summed E-state index contributed by atoms with van der Waals surface area (Å²) in [6, 6.07) is 13.9. The summed E-state index contributed by atoms with van der Waals surface area (Å²) in [7, 11) is 0. The average molecular weight is 441 g/mol. The molecule has 1 saturated heterocycles. The highest BCUT2D eigenvalue weighted by atomic mass is 32.1. The van der Waals surface area contributed by atoms with Gasteiger partial charge in [-0.3, -0.25) is 9.69 Å².